The smallest absolute Gasteiger partial charge is 0.328 e. The Morgan fingerprint density at radius 1 is 1.36 bits per heavy atom. The maximum absolute atomic E-state index is 12.2. The van der Waals surface area contributed by atoms with Crippen LogP contribution in [-0.4, -0.2) is 36.8 Å². The lowest BCUT2D eigenvalue weighted by molar-refractivity contribution is -0.148. The average molecular weight is 310 g/mol. The van der Waals surface area contributed by atoms with Crippen molar-refractivity contribution in [1.82, 2.24) is 16.0 Å². The summed E-state index contributed by atoms with van der Waals surface area (Å²) < 4.78 is 0. The number of barbiturate groups is 1. The molecule has 1 heterocycles. The zero-order chi connectivity index (χ0) is 16.8. The third-order valence-electron chi connectivity index (χ3n) is 3.77. The van der Waals surface area contributed by atoms with E-state index in [1.165, 1.54) is 6.08 Å². The highest BCUT2D eigenvalue weighted by Crippen LogP contribution is 2.36. The van der Waals surface area contributed by atoms with E-state index in [0.29, 0.717) is 19.5 Å². The van der Waals surface area contributed by atoms with Crippen LogP contribution in [0, 0.1) is 11.3 Å². The summed E-state index contributed by atoms with van der Waals surface area (Å²) >= 11 is 0. The number of urea groups is 1. The summed E-state index contributed by atoms with van der Waals surface area (Å²) in [7, 11) is 0. The van der Waals surface area contributed by atoms with Gasteiger partial charge in [0.05, 0.1) is 0 Å². The molecule has 0 saturated carbocycles. The Balaban J connectivity index is 2.87. The normalized spacial score (nSPS) is 18.2. The van der Waals surface area contributed by atoms with Gasteiger partial charge in [-0.2, -0.15) is 0 Å². The van der Waals surface area contributed by atoms with Gasteiger partial charge in [0.25, 0.3) is 0 Å². The minimum absolute atomic E-state index is 0.0204. The predicted octanol–water partition coefficient (Wildman–Crippen LogP) is -0.594. The Kier molecular flexibility index (Phi) is 6.24. The molecule has 22 heavy (non-hydrogen) atoms. The molecule has 0 radical (unpaired) electrons. The summed E-state index contributed by atoms with van der Waals surface area (Å²) in [4.78, 5) is 47.5. The van der Waals surface area contributed by atoms with E-state index in [1.54, 1.807) is 6.92 Å². The maximum atomic E-state index is 12.2. The highest BCUT2D eigenvalue weighted by Gasteiger charge is 2.53. The van der Waals surface area contributed by atoms with Gasteiger partial charge in [-0.15, -0.1) is 6.58 Å². The Hall–Kier alpha value is -2.22. The predicted molar refractivity (Wildman–Crippen MR) is 79.4 cm³/mol. The van der Waals surface area contributed by atoms with Crippen LogP contribution >= 0.6 is 0 Å². The van der Waals surface area contributed by atoms with Gasteiger partial charge in [-0.25, -0.2) is 4.79 Å². The van der Waals surface area contributed by atoms with E-state index in [9.17, 15) is 19.2 Å². The molecule has 122 valence electrons. The maximum Gasteiger partial charge on any atom is 0.328 e. The molecular formula is C14H22N4O4. The molecule has 5 amide bonds. The van der Waals surface area contributed by atoms with Crippen molar-refractivity contribution in [3.05, 3.63) is 12.7 Å². The summed E-state index contributed by atoms with van der Waals surface area (Å²) in [5.74, 6) is -2.29. The van der Waals surface area contributed by atoms with Crippen molar-refractivity contribution in [2.24, 2.45) is 17.1 Å². The first kappa shape index (κ1) is 17.8. The number of hydrogen-bond acceptors (Lipinski definition) is 5. The number of allylic oxidation sites excluding steroid dienone is 1. The molecule has 0 spiro atoms. The van der Waals surface area contributed by atoms with Crippen LogP contribution in [-0.2, 0) is 14.4 Å². The fraction of sp³-hybridized carbons (Fsp3) is 0.571. The second kappa shape index (κ2) is 7.69. The number of rotatable bonds is 8. The Morgan fingerprint density at radius 3 is 2.45 bits per heavy atom. The van der Waals surface area contributed by atoms with Crippen LogP contribution in [0.2, 0.25) is 0 Å². The number of nitrogens with one attached hydrogen (secondary N) is 3. The van der Waals surface area contributed by atoms with E-state index in [1.807, 2.05) is 0 Å². The van der Waals surface area contributed by atoms with Gasteiger partial charge in [0.2, 0.25) is 17.7 Å². The summed E-state index contributed by atoms with van der Waals surface area (Å²) in [5.41, 5.74) is 3.83. The summed E-state index contributed by atoms with van der Waals surface area (Å²) in [5, 5.41) is 6.85. The first-order valence-electron chi connectivity index (χ1n) is 7.13. The number of imide groups is 2. The zero-order valence-electron chi connectivity index (χ0n) is 12.6. The minimum Gasteiger partial charge on any atom is -0.356 e. The number of carbonyl (C=O) groups excluding carboxylic acids is 4. The molecule has 0 bridgehead atoms. The van der Waals surface area contributed by atoms with Crippen LogP contribution in [0.4, 0.5) is 4.79 Å². The van der Waals surface area contributed by atoms with E-state index in [4.69, 9.17) is 5.73 Å². The summed E-state index contributed by atoms with van der Waals surface area (Å²) in [6, 6.07) is -0.853. The van der Waals surface area contributed by atoms with Crippen LogP contribution in [0.1, 0.15) is 26.2 Å². The van der Waals surface area contributed by atoms with Gasteiger partial charge in [-0.3, -0.25) is 25.0 Å². The van der Waals surface area contributed by atoms with Crippen LogP contribution in [0.5, 0.6) is 0 Å². The highest BCUT2D eigenvalue weighted by atomic mass is 16.2. The molecule has 8 nitrogen and oxygen atoms in total. The highest BCUT2D eigenvalue weighted by molar-refractivity contribution is 6.19. The van der Waals surface area contributed by atoms with Crippen LogP contribution in [0.3, 0.4) is 0 Å². The van der Waals surface area contributed by atoms with Gasteiger partial charge in [0.15, 0.2) is 0 Å². The van der Waals surface area contributed by atoms with E-state index in [0.717, 1.165) is 0 Å². The van der Waals surface area contributed by atoms with Crippen molar-refractivity contribution in [2.75, 3.05) is 13.1 Å². The molecule has 1 aliphatic rings. The third-order valence-corrected chi connectivity index (χ3v) is 3.77. The van der Waals surface area contributed by atoms with Crippen LogP contribution < -0.4 is 21.7 Å². The second-order valence-electron chi connectivity index (χ2n) is 5.30. The Bertz CT molecular complexity index is 469. The quantitative estimate of drug-likeness (QED) is 0.270. The average Bonchev–Trinajstić information content (AvgIpc) is 2.42. The summed E-state index contributed by atoms with van der Waals surface area (Å²) in [6.07, 6.45) is 2.09. The molecule has 1 saturated heterocycles. The molecule has 1 rings (SSSR count). The number of nitrogens with two attached hydrogens (primary N) is 1. The Morgan fingerprint density at radius 2 is 1.95 bits per heavy atom. The molecule has 0 aliphatic carbocycles. The molecule has 1 unspecified atom stereocenters. The lowest BCUT2D eigenvalue weighted by atomic mass is 9.69. The lowest BCUT2D eigenvalue weighted by Gasteiger charge is -2.37. The minimum atomic E-state index is -1.51. The number of hydrogen-bond donors (Lipinski definition) is 4. The van der Waals surface area contributed by atoms with Gasteiger partial charge >= 0.3 is 6.03 Å². The molecule has 8 heteroatoms. The van der Waals surface area contributed by atoms with Gasteiger partial charge < -0.3 is 11.1 Å². The summed E-state index contributed by atoms with van der Waals surface area (Å²) in [6.45, 7) is 6.08. The molecule has 1 aliphatic heterocycles. The molecule has 1 fully saturated rings. The monoisotopic (exact) mass is 310 g/mol. The van der Waals surface area contributed by atoms with Crippen molar-refractivity contribution >= 4 is 23.8 Å². The first-order valence-corrected chi connectivity index (χ1v) is 7.13. The molecule has 5 N–H and O–H groups in total. The van der Waals surface area contributed by atoms with Gasteiger partial charge in [0, 0.05) is 13.0 Å². The van der Waals surface area contributed by atoms with E-state index >= 15 is 0 Å². The molecule has 0 aromatic heterocycles. The van der Waals surface area contributed by atoms with E-state index in [-0.39, 0.29) is 18.7 Å². The number of carbonyl (C=O) groups is 4. The van der Waals surface area contributed by atoms with Crippen LogP contribution in [0.15, 0.2) is 12.7 Å². The van der Waals surface area contributed by atoms with Crippen molar-refractivity contribution in [3.8, 4) is 0 Å². The number of amides is 5. The van der Waals surface area contributed by atoms with E-state index in [2.05, 4.69) is 22.5 Å². The largest absolute Gasteiger partial charge is 0.356 e. The molecule has 1 atom stereocenters. The fourth-order valence-corrected chi connectivity index (χ4v) is 2.48. The van der Waals surface area contributed by atoms with Gasteiger partial charge in [-0.05, 0) is 25.3 Å². The van der Waals surface area contributed by atoms with Crippen molar-refractivity contribution in [1.29, 1.82) is 0 Å². The van der Waals surface area contributed by atoms with Crippen molar-refractivity contribution < 1.29 is 19.2 Å². The topological polar surface area (TPSA) is 130 Å². The first-order chi connectivity index (χ1) is 10.4. The van der Waals surface area contributed by atoms with Crippen molar-refractivity contribution in [2.45, 2.75) is 26.2 Å². The third kappa shape index (κ3) is 3.70. The second-order valence-corrected chi connectivity index (χ2v) is 5.30. The lowest BCUT2D eigenvalue weighted by Crippen LogP contribution is -2.64. The fourth-order valence-electron chi connectivity index (χ4n) is 2.48. The molecule has 0 aromatic carbocycles. The molecule has 0 aromatic rings. The molecular weight excluding hydrogens is 288 g/mol. The SMILES string of the molecule is C=CCC1(C(C)CC(=O)NCCCN)C(=O)NC(=O)NC1=O. The standard InChI is InChI=1S/C14H22N4O4/c1-3-5-14(11(20)17-13(22)18-12(14)21)9(2)8-10(19)16-7-4-6-15/h3,9H,1,4-8,15H2,2H3,(H,16,19)(H2,17,18,20,21,22). The van der Waals surface area contributed by atoms with Gasteiger partial charge in [-0.1, -0.05) is 13.0 Å². The van der Waals surface area contributed by atoms with E-state index < -0.39 is 29.2 Å². The van der Waals surface area contributed by atoms with Gasteiger partial charge in [0.1, 0.15) is 5.41 Å². The Labute approximate surface area is 128 Å². The van der Waals surface area contributed by atoms with Crippen molar-refractivity contribution in [3.63, 3.8) is 0 Å². The zero-order valence-corrected chi connectivity index (χ0v) is 12.6. The van der Waals surface area contributed by atoms with Crippen LogP contribution in [0.25, 0.3) is 0 Å².